The summed E-state index contributed by atoms with van der Waals surface area (Å²) >= 11 is 0. The Morgan fingerprint density at radius 3 is 2.49 bits per heavy atom. The Morgan fingerprint density at radius 1 is 1.14 bits per heavy atom. The molecule has 0 saturated heterocycles. The molecule has 37 heavy (non-hydrogen) atoms. The average molecular weight is 513 g/mol. The predicted molar refractivity (Wildman–Crippen MR) is 131 cm³/mol. The number of allylic oxidation sites excluding steroid dienone is 1. The third kappa shape index (κ3) is 7.34. The van der Waals surface area contributed by atoms with Gasteiger partial charge in [0.05, 0.1) is 17.4 Å². The van der Waals surface area contributed by atoms with Crippen molar-refractivity contribution in [1.82, 2.24) is 19.4 Å². The number of nitrogens with zero attached hydrogens (tertiary/aromatic N) is 5. The Hall–Kier alpha value is -4.81. The Balaban J connectivity index is 1.78. The number of aromatic nitrogens is 3. The van der Waals surface area contributed by atoms with Crippen LogP contribution < -0.4 is 16.6 Å². The van der Waals surface area contributed by atoms with Crippen LogP contribution in [0.25, 0.3) is 5.70 Å². The van der Waals surface area contributed by atoms with Crippen molar-refractivity contribution in [3.63, 3.8) is 0 Å². The number of aliphatic imine (C=N–C) groups is 1. The number of hydrogen-bond donors (Lipinski definition) is 2. The summed E-state index contributed by atoms with van der Waals surface area (Å²) in [4.78, 5) is 49.0. The normalized spacial score (nSPS) is 12.2. The molecule has 0 aliphatic carbocycles. The molecule has 0 unspecified atom stereocenters. The molecule has 3 rings (SSSR count). The van der Waals surface area contributed by atoms with E-state index in [1.807, 2.05) is 0 Å². The highest BCUT2D eigenvalue weighted by molar-refractivity contribution is 6.05. The predicted octanol–water partition coefficient (Wildman–Crippen LogP) is 2.61. The van der Waals surface area contributed by atoms with Crippen molar-refractivity contribution < 1.29 is 22.8 Å². The molecule has 0 spiro atoms. The fourth-order valence-corrected chi connectivity index (χ4v) is 2.87. The largest absolute Gasteiger partial charge is 0.433 e. The van der Waals surface area contributed by atoms with Gasteiger partial charge in [-0.25, -0.2) is 9.98 Å². The molecular formula is C24H22F3N7O3. The Kier molecular flexibility index (Phi) is 8.17. The maximum Gasteiger partial charge on any atom is 0.433 e. The van der Waals surface area contributed by atoms with Crippen LogP contribution in [0.2, 0.25) is 0 Å². The Labute approximate surface area is 209 Å². The third-order valence-electron chi connectivity index (χ3n) is 4.87. The molecule has 192 valence electrons. The van der Waals surface area contributed by atoms with E-state index in [0.717, 1.165) is 16.8 Å². The molecule has 3 N–H and O–H groups in total. The van der Waals surface area contributed by atoms with Gasteiger partial charge in [-0.1, -0.05) is 0 Å². The second-order valence-corrected chi connectivity index (χ2v) is 7.87. The number of pyridine rings is 3. The number of rotatable bonds is 7. The molecule has 0 atom stereocenters. The van der Waals surface area contributed by atoms with Crippen molar-refractivity contribution in [1.29, 1.82) is 0 Å². The highest BCUT2D eigenvalue weighted by Crippen LogP contribution is 2.24. The molecular weight excluding hydrogens is 491 g/mol. The van der Waals surface area contributed by atoms with Gasteiger partial charge in [-0.05, 0) is 36.4 Å². The number of carbonyl (C=O) groups excluding carboxylic acids is 2. The van der Waals surface area contributed by atoms with Crippen LogP contribution in [-0.2, 0) is 11.3 Å². The highest BCUT2D eigenvalue weighted by atomic mass is 19.4. The maximum absolute atomic E-state index is 13.5. The lowest BCUT2D eigenvalue weighted by Gasteiger charge is -2.12. The lowest BCUT2D eigenvalue weighted by molar-refractivity contribution is -0.129. The molecule has 0 fully saturated rings. The fraction of sp³-hybridized carbons (Fsp3) is 0.167. The van der Waals surface area contributed by atoms with Crippen molar-refractivity contribution in [2.24, 2.45) is 10.7 Å². The molecule has 0 radical (unpaired) electrons. The topological polar surface area (TPSA) is 136 Å². The van der Waals surface area contributed by atoms with Crippen LogP contribution in [0, 0.1) is 0 Å². The van der Waals surface area contributed by atoms with Gasteiger partial charge in [0.25, 0.3) is 11.5 Å². The maximum atomic E-state index is 13.5. The molecule has 0 aliphatic heterocycles. The monoisotopic (exact) mass is 513 g/mol. The van der Waals surface area contributed by atoms with Crippen LogP contribution in [0.1, 0.15) is 15.9 Å². The summed E-state index contributed by atoms with van der Waals surface area (Å²) in [6.45, 7) is -0.248. The van der Waals surface area contributed by atoms with Crippen LogP contribution in [0.5, 0.6) is 0 Å². The van der Waals surface area contributed by atoms with Crippen molar-refractivity contribution in [3.05, 3.63) is 88.7 Å². The zero-order valence-corrected chi connectivity index (χ0v) is 19.7. The summed E-state index contributed by atoms with van der Waals surface area (Å²) in [7, 11) is 3.07. The van der Waals surface area contributed by atoms with Gasteiger partial charge in [0.15, 0.2) is 5.82 Å². The number of amides is 2. The van der Waals surface area contributed by atoms with Crippen LogP contribution in [0.4, 0.5) is 24.7 Å². The first-order chi connectivity index (χ1) is 17.4. The minimum atomic E-state index is -4.81. The number of halogens is 3. The molecule has 10 nitrogen and oxygen atoms in total. The van der Waals surface area contributed by atoms with E-state index >= 15 is 0 Å². The van der Waals surface area contributed by atoms with Gasteiger partial charge >= 0.3 is 6.18 Å². The number of carbonyl (C=O) groups is 2. The van der Waals surface area contributed by atoms with Crippen LogP contribution in [-0.4, -0.2) is 57.2 Å². The van der Waals surface area contributed by atoms with Crippen molar-refractivity contribution in [3.8, 4) is 0 Å². The van der Waals surface area contributed by atoms with E-state index in [4.69, 9.17) is 5.73 Å². The molecule has 0 saturated carbocycles. The summed E-state index contributed by atoms with van der Waals surface area (Å²) in [5.41, 5.74) is 4.41. The highest BCUT2D eigenvalue weighted by Gasteiger charge is 2.34. The van der Waals surface area contributed by atoms with Gasteiger partial charge in [-0.3, -0.25) is 19.4 Å². The number of likely N-dealkylation sites (N-methyl/N-ethyl adjacent to an activating group) is 1. The molecule has 0 bridgehead atoms. The van der Waals surface area contributed by atoms with Crippen molar-refractivity contribution in [2.75, 3.05) is 19.4 Å². The number of nitrogens with one attached hydrogen (secondary N) is 1. The number of anilines is 1. The van der Waals surface area contributed by atoms with E-state index < -0.39 is 23.4 Å². The second kappa shape index (κ2) is 11.3. The minimum absolute atomic E-state index is 0.0867. The molecule has 0 aromatic carbocycles. The van der Waals surface area contributed by atoms with Crippen molar-refractivity contribution >= 4 is 34.7 Å². The standard InChI is InChI=1S/C24H22F3N7O3/c1-33(2)22(36)14-34-13-16(5-8-21(34)35)23(37)31-17-6-7-20(30-12-17)32-19(24(25,26)27)10-18(28)15-4-3-9-29-11-15/h3-13H,14,28H2,1-2H3,(H,31,37). The van der Waals surface area contributed by atoms with E-state index in [-0.39, 0.29) is 35.2 Å². The van der Waals surface area contributed by atoms with E-state index in [1.165, 1.54) is 67.9 Å². The first-order valence-corrected chi connectivity index (χ1v) is 10.7. The Bertz CT molecular complexity index is 1400. The zero-order chi connectivity index (χ0) is 27.2. The molecule has 0 aliphatic rings. The molecule has 13 heteroatoms. The minimum Gasteiger partial charge on any atom is -0.398 e. The number of nitrogens with two attached hydrogens (primary N) is 1. The van der Waals surface area contributed by atoms with E-state index in [2.05, 4.69) is 20.3 Å². The van der Waals surface area contributed by atoms with E-state index in [9.17, 15) is 27.6 Å². The van der Waals surface area contributed by atoms with Crippen LogP contribution >= 0.6 is 0 Å². The first-order valence-electron chi connectivity index (χ1n) is 10.7. The molecule has 2 amide bonds. The summed E-state index contributed by atoms with van der Waals surface area (Å²) in [6.07, 6.45) is 1.03. The number of hydrogen-bond acceptors (Lipinski definition) is 7. The fourth-order valence-electron chi connectivity index (χ4n) is 2.87. The average Bonchev–Trinajstić information content (AvgIpc) is 2.85. The second-order valence-electron chi connectivity index (χ2n) is 7.87. The third-order valence-corrected chi connectivity index (χ3v) is 4.87. The van der Waals surface area contributed by atoms with Gasteiger partial charge in [-0.15, -0.1) is 0 Å². The zero-order valence-electron chi connectivity index (χ0n) is 19.7. The lowest BCUT2D eigenvalue weighted by Crippen LogP contribution is -2.31. The van der Waals surface area contributed by atoms with Gasteiger partial charge in [-0.2, -0.15) is 13.2 Å². The smallest absolute Gasteiger partial charge is 0.398 e. The first kappa shape index (κ1) is 26.8. The number of alkyl halides is 3. The van der Waals surface area contributed by atoms with E-state index in [0.29, 0.717) is 11.6 Å². The molecule has 3 aromatic rings. The quantitative estimate of drug-likeness (QED) is 0.466. The van der Waals surface area contributed by atoms with Crippen LogP contribution in [0.15, 0.2) is 77.0 Å². The van der Waals surface area contributed by atoms with Gasteiger partial charge in [0.1, 0.15) is 12.3 Å². The van der Waals surface area contributed by atoms with Gasteiger partial charge in [0.2, 0.25) is 5.91 Å². The van der Waals surface area contributed by atoms with E-state index in [1.54, 1.807) is 0 Å². The molecule has 3 aromatic heterocycles. The summed E-state index contributed by atoms with van der Waals surface area (Å²) in [5.74, 6) is -1.22. The lowest BCUT2D eigenvalue weighted by atomic mass is 10.2. The summed E-state index contributed by atoms with van der Waals surface area (Å²) in [6, 6.07) is 7.98. The Morgan fingerprint density at radius 2 is 1.89 bits per heavy atom. The van der Waals surface area contributed by atoms with Gasteiger partial charge < -0.3 is 20.5 Å². The summed E-state index contributed by atoms with van der Waals surface area (Å²) in [5, 5.41) is 2.52. The summed E-state index contributed by atoms with van der Waals surface area (Å²) < 4.78 is 41.7. The SMILES string of the molecule is CN(C)C(=O)Cn1cc(C(=O)Nc2ccc(N=C(C=C(N)c3cccnc3)C(F)(F)F)nc2)ccc1=O. The molecule has 3 heterocycles. The van der Waals surface area contributed by atoms with Crippen LogP contribution in [0.3, 0.4) is 0 Å². The van der Waals surface area contributed by atoms with Gasteiger partial charge in [0, 0.05) is 50.0 Å². The van der Waals surface area contributed by atoms with Crippen molar-refractivity contribution in [2.45, 2.75) is 12.7 Å².